The fraction of sp³-hybridized carbons (Fsp3) is 0.211. The monoisotopic (exact) mass is 459 g/mol. The summed E-state index contributed by atoms with van der Waals surface area (Å²) in [5.41, 5.74) is -0.301. The number of amides is 1. The molecule has 6 nitrogen and oxygen atoms in total. The second-order valence-electron chi connectivity index (χ2n) is 6.05. The van der Waals surface area contributed by atoms with Crippen molar-refractivity contribution in [1.29, 1.82) is 0 Å². The first-order valence-electron chi connectivity index (χ1n) is 8.61. The number of esters is 1. The van der Waals surface area contributed by atoms with Crippen LogP contribution in [-0.2, 0) is 22.3 Å². The highest BCUT2D eigenvalue weighted by Crippen LogP contribution is 2.34. The van der Waals surface area contributed by atoms with Gasteiger partial charge in [-0.15, -0.1) is 0 Å². The van der Waals surface area contributed by atoms with Crippen molar-refractivity contribution in [1.82, 2.24) is 9.55 Å². The number of halogens is 5. The van der Waals surface area contributed by atoms with E-state index in [0.29, 0.717) is 4.57 Å². The smallest absolute Gasteiger partial charge is 0.449 e. The summed E-state index contributed by atoms with van der Waals surface area (Å²) in [6.07, 6.45) is -4.86. The van der Waals surface area contributed by atoms with Gasteiger partial charge in [-0.1, -0.05) is 35.3 Å². The van der Waals surface area contributed by atoms with E-state index in [-0.39, 0.29) is 38.9 Å². The molecule has 3 aromatic rings. The zero-order chi connectivity index (χ0) is 22.1. The van der Waals surface area contributed by atoms with Crippen LogP contribution in [0.2, 0.25) is 10.0 Å². The molecular weight excluding hydrogens is 446 g/mol. The lowest BCUT2D eigenvalue weighted by Gasteiger charge is -2.11. The highest BCUT2D eigenvalue weighted by molar-refractivity contribution is 6.40. The van der Waals surface area contributed by atoms with E-state index in [1.807, 2.05) is 0 Å². The SMILES string of the molecule is CCOC(=O)Cn1c(C(F)(F)F)nc2c(C(=O)Nc3c(Cl)cccc3Cl)cccc21. The number of ether oxygens (including phenoxy) is 1. The standard InChI is InChI=1S/C19H14Cl2F3N3O3/c1-2-30-14(28)9-27-13-8-3-5-10(15(13)26-18(27)19(22,23)24)17(29)25-16-11(20)6-4-7-12(16)21/h3-8H,2,9H2,1H3,(H,25,29). The number of hydrogen-bond acceptors (Lipinski definition) is 4. The van der Waals surface area contributed by atoms with E-state index in [9.17, 15) is 22.8 Å². The van der Waals surface area contributed by atoms with Crippen LogP contribution in [-0.4, -0.2) is 28.0 Å². The molecule has 3 rings (SSSR count). The molecule has 158 valence electrons. The second-order valence-corrected chi connectivity index (χ2v) is 6.86. The van der Waals surface area contributed by atoms with Crippen LogP contribution >= 0.6 is 23.2 Å². The lowest BCUT2D eigenvalue weighted by molar-refractivity contribution is -0.150. The van der Waals surface area contributed by atoms with Gasteiger partial charge in [0.2, 0.25) is 5.82 Å². The summed E-state index contributed by atoms with van der Waals surface area (Å²) in [4.78, 5) is 28.2. The summed E-state index contributed by atoms with van der Waals surface area (Å²) >= 11 is 12.1. The molecule has 0 spiro atoms. The topological polar surface area (TPSA) is 73.2 Å². The quantitative estimate of drug-likeness (QED) is 0.533. The number of carbonyl (C=O) groups is 2. The molecule has 0 radical (unpaired) electrons. The number of nitrogens with zero attached hydrogens (tertiary/aromatic N) is 2. The highest BCUT2D eigenvalue weighted by atomic mass is 35.5. The van der Waals surface area contributed by atoms with Gasteiger partial charge in [0, 0.05) is 0 Å². The van der Waals surface area contributed by atoms with Crippen molar-refractivity contribution in [2.45, 2.75) is 19.6 Å². The number of nitrogens with one attached hydrogen (secondary N) is 1. The molecule has 11 heteroatoms. The van der Waals surface area contributed by atoms with Crippen molar-refractivity contribution in [3.63, 3.8) is 0 Å². The number of aromatic nitrogens is 2. The Bertz CT molecular complexity index is 1110. The van der Waals surface area contributed by atoms with E-state index >= 15 is 0 Å². The van der Waals surface area contributed by atoms with Gasteiger partial charge in [-0.25, -0.2) is 4.98 Å². The Morgan fingerprint density at radius 3 is 2.37 bits per heavy atom. The van der Waals surface area contributed by atoms with E-state index < -0.39 is 30.4 Å². The summed E-state index contributed by atoms with van der Waals surface area (Å²) < 4.78 is 46.0. The Kier molecular flexibility index (Phi) is 6.23. The highest BCUT2D eigenvalue weighted by Gasteiger charge is 2.38. The van der Waals surface area contributed by atoms with Gasteiger partial charge in [0.15, 0.2) is 0 Å². The first-order valence-corrected chi connectivity index (χ1v) is 9.36. The molecule has 1 heterocycles. The summed E-state index contributed by atoms with van der Waals surface area (Å²) in [7, 11) is 0. The van der Waals surface area contributed by atoms with E-state index in [0.717, 1.165) is 0 Å². The van der Waals surface area contributed by atoms with E-state index in [2.05, 4.69) is 10.3 Å². The molecule has 0 unspecified atom stereocenters. The number of alkyl halides is 3. The van der Waals surface area contributed by atoms with Gasteiger partial charge >= 0.3 is 12.1 Å². The second kappa shape index (κ2) is 8.53. The molecule has 0 bridgehead atoms. The number of imidazole rings is 1. The minimum atomic E-state index is -4.86. The predicted molar refractivity (Wildman–Crippen MR) is 106 cm³/mol. The molecule has 0 aliphatic rings. The number of rotatable bonds is 5. The Hall–Kier alpha value is -2.78. The van der Waals surface area contributed by atoms with E-state index in [1.165, 1.54) is 37.3 Å². The molecule has 0 saturated carbocycles. The lowest BCUT2D eigenvalue weighted by Crippen LogP contribution is -2.20. The maximum Gasteiger partial charge on any atom is 0.449 e. The van der Waals surface area contributed by atoms with Gasteiger partial charge < -0.3 is 14.6 Å². The lowest BCUT2D eigenvalue weighted by atomic mass is 10.1. The normalized spacial score (nSPS) is 11.5. The van der Waals surface area contributed by atoms with Crippen molar-refractivity contribution in [3.05, 3.63) is 57.8 Å². The fourth-order valence-corrected chi connectivity index (χ4v) is 3.33. The molecular formula is C19H14Cl2F3N3O3. The summed E-state index contributed by atoms with van der Waals surface area (Å²) in [5.74, 6) is -2.94. The molecule has 1 amide bonds. The first-order chi connectivity index (χ1) is 14.1. The van der Waals surface area contributed by atoms with Gasteiger partial charge in [0.1, 0.15) is 12.1 Å². The number of fused-ring (bicyclic) bond motifs is 1. The average Bonchev–Trinajstić information content (AvgIpc) is 3.04. The number of benzene rings is 2. The van der Waals surface area contributed by atoms with Crippen LogP contribution < -0.4 is 5.32 Å². The molecule has 1 aromatic heterocycles. The van der Waals surface area contributed by atoms with Gasteiger partial charge in [-0.05, 0) is 31.2 Å². The van der Waals surface area contributed by atoms with Crippen LogP contribution in [0.25, 0.3) is 11.0 Å². The van der Waals surface area contributed by atoms with Crippen molar-refractivity contribution >= 4 is 51.8 Å². The van der Waals surface area contributed by atoms with E-state index in [1.54, 1.807) is 6.07 Å². The number of hydrogen-bond donors (Lipinski definition) is 1. The molecule has 0 fully saturated rings. The molecule has 0 saturated heterocycles. The third-order valence-corrected chi connectivity index (χ3v) is 4.70. The predicted octanol–water partition coefficient (Wildman–Crippen LogP) is 5.18. The van der Waals surface area contributed by atoms with Gasteiger partial charge in [-0.2, -0.15) is 13.2 Å². The Morgan fingerprint density at radius 1 is 1.13 bits per heavy atom. The largest absolute Gasteiger partial charge is 0.465 e. The summed E-state index contributed by atoms with van der Waals surface area (Å²) in [5, 5.41) is 2.81. The van der Waals surface area contributed by atoms with Gasteiger partial charge in [0.05, 0.1) is 33.4 Å². The van der Waals surface area contributed by atoms with E-state index in [4.69, 9.17) is 27.9 Å². The molecule has 0 aliphatic carbocycles. The third kappa shape index (κ3) is 4.36. The zero-order valence-corrected chi connectivity index (χ0v) is 16.9. The number of anilines is 1. The van der Waals surface area contributed by atoms with Crippen molar-refractivity contribution in [3.8, 4) is 0 Å². The van der Waals surface area contributed by atoms with Gasteiger partial charge in [-0.3, -0.25) is 9.59 Å². The summed E-state index contributed by atoms with van der Waals surface area (Å²) in [6, 6.07) is 8.60. The fourth-order valence-electron chi connectivity index (χ4n) is 2.84. The molecule has 1 N–H and O–H groups in total. The maximum atomic E-state index is 13.5. The van der Waals surface area contributed by atoms with Crippen LogP contribution in [0.15, 0.2) is 36.4 Å². The number of carbonyl (C=O) groups excluding carboxylic acids is 2. The molecule has 0 aliphatic heterocycles. The van der Waals surface area contributed by atoms with Crippen LogP contribution in [0, 0.1) is 0 Å². The van der Waals surface area contributed by atoms with Crippen LogP contribution in [0.4, 0.5) is 18.9 Å². The Morgan fingerprint density at radius 2 is 1.77 bits per heavy atom. The molecule has 2 aromatic carbocycles. The molecule has 30 heavy (non-hydrogen) atoms. The van der Waals surface area contributed by atoms with Crippen LogP contribution in [0.3, 0.4) is 0 Å². The minimum absolute atomic E-state index is 0.0130. The van der Waals surface area contributed by atoms with Crippen LogP contribution in [0.1, 0.15) is 23.1 Å². The Balaban J connectivity index is 2.10. The molecule has 0 atom stereocenters. The van der Waals surface area contributed by atoms with Gasteiger partial charge in [0.25, 0.3) is 5.91 Å². The Labute approximate surface area is 178 Å². The van der Waals surface area contributed by atoms with Crippen molar-refractivity contribution in [2.75, 3.05) is 11.9 Å². The van der Waals surface area contributed by atoms with Crippen molar-refractivity contribution < 1.29 is 27.5 Å². The zero-order valence-electron chi connectivity index (χ0n) is 15.4. The first kappa shape index (κ1) is 21.9. The summed E-state index contributed by atoms with van der Waals surface area (Å²) in [6.45, 7) is 0.844. The minimum Gasteiger partial charge on any atom is -0.465 e. The number of para-hydroxylation sites is 2. The van der Waals surface area contributed by atoms with Crippen molar-refractivity contribution in [2.24, 2.45) is 0 Å². The maximum absolute atomic E-state index is 13.5. The third-order valence-electron chi connectivity index (χ3n) is 4.07. The average molecular weight is 460 g/mol. The van der Waals surface area contributed by atoms with Crippen LogP contribution in [0.5, 0.6) is 0 Å².